The Balaban J connectivity index is 1.14. The van der Waals surface area contributed by atoms with E-state index in [0.717, 1.165) is 45.0 Å². The molecule has 6 heteroatoms. The smallest absolute Gasteiger partial charge is 0.248 e. The first kappa shape index (κ1) is 26.9. The Morgan fingerprint density at radius 1 is 0.975 bits per heavy atom. The Bertz CT molecular complexity index is 1320. The first-order valence-corrected chi connectivity index (χ1v) is 14.7. The van der Waals surface area contributed by atoms with Crippen LogP contribution >= 0.6 is 0 Å². The highest BCUT2D eigenvalue weighted by Crippen LogP contribution is 2.53. The molecule has 6 rings (SSSR count). The predicted octanol–water partition coefficient (Wildman–Crippen LogP) is 5.45. The molecule has 1 atom stereocenters. The number of benzene rings is 3. The summed E-state index contributed by atoms with van der Waals surface area (Å²) in [7, 11) is 1.72. The van der Waals surface area contributed by atoms with E-state index in [-0.39, 0.29) is 5.91 Å². The van der Waals surface area contributed by atoms with Crippen molar-refractivity contribution in [2.24, 2.45) is 11.1 Å². The van der Waals surface area contributed by atoms with Crippen molar-refractivity contribution < 1.29 is 9.53 Å². The van der Waals surface area contributed by atoms with Crippen LogP contribution in [0.4, 0.5) is 5.69 Å². The molecule has 2 N–H and O–H groups in total. The molecule has 1 amide bonds. The topological polar surface area (TPSA) is 62.0 Å². The van der Waals surface area contributed by atoms with Crippen molar-refractivity contribution in [3.63, 3.8) is 0 Å². The molecule has 3 aromatic carbocycles. The summed E-state index contributed by atoms with van der Waals surface area (Å²) in [6, 6.07) is 26.4. The third-order valence-electron chi connectivity index (χ3n) is 9.42. The summed E-state index contributed by atoms with van der Waals surface area (Å²) in [6.45, 7) is 11.1. The SMILES string of the molecule is COc1ccc(CN2CCN(C3CC4(C3)CN(c3ccc(C(N)=O)cc3)C4)C(c3ccccc3C(C)C)C2)cc1. The monoisotopic (exact) mass is 538 g/mol. The largest absolute Gasteiger partial charge is 0.497 e. The Morgan fingerprint density at radius 3 is 2.33 bits per heavy atom. The van der Waals surface area contributed by atoms with Crippen molar-refractivity contribution in [2.75, 3.05) is 44.7 Å². The van der Waals surface area contributed by atoms with Gasteiger partial charge in [0.05, 0.1) is 7.11 Å². The molecule has 1 saturated carbocycles. The molecule has 2 aliphatic heterocycles. The van der Waals surface area contributed by atoms with Crippen molar-refractivity contribution in [3.8, 4) is 5.75 Å². The van der Waals surface area contributed by atoms with Crippen molar-refractivity contribution in [3.05, 3.63) is 95.1 Å². The highest BCUT2D eigenvalue weighted by molar-refractivity contribution is 5.93. The third-order valence-corrected chi connectivity index (χ3v) is 9.42. The first-order valence-electron chi connectivity index (χ1n) is 14.7. The maximum Gasteiger partial charge on any atom is 0.248 e. The standard InChI is InChI=1S/C34H42N4O2/c1-24(2)30-6-4-5-7-31(30)32-21-36(20-25-8-14-29(40-3)15-9-25)16-17-38(32)28-18-34(19-28)22-37(23-34)27-12-10-26(11-13-27)33(35)39/h4-15,24,28,32H,16-23H2,1-3H3,(H2,35,39). The number of piperazine rings is 1. The van der Waals surface area contributed by atoms with Gasteiger partial charge in [-0.2, -0.15) is 0 Å². The Labute approximate surface area is 238 Å². The molecular formula is C34H42N4O2. The summed E-state index contributed by atoms with van der Waals surface area (Å²) in [5, 5.41) is 0. The van der Waals surface area contributed by atoms with Crippen LogP contribution in [0.1, 0.15) is 65.7 Å². The second kappa shape index (κ2) is 10.9. The van der Waals surface area contributed by atoms with Gasteiger partial charge < -0.3 is 15.4 Å². The number of hydrogen-bond acceptors (Lipinski definition) is 5. The van der Waals surface area contributed by atoms with Crippen molar-refractivity contribution in [1.29, 1.82) is 0 Å². The lowest BCUT2D eigenvalue weighted by molar-refractivity contribution is -0.0647. The second-order valence-electron chi connectivity index (χ2n) is 12.4. The number of hydrogen-bond donors (Lipinski definition) is 1. The average Bonchev–Trinajstić information content (AvgIpc) is 2.92. The van der Waals surface area contributed by atoms with E-state index < -0.39 is 0 Å². The van der Waals surface area contributed by atoms with Crippen LogP contribution in [-0.2, 0) is 6.54 Å². The van der Waals surface area contributed by atoms with Crippen LogP contribution in [0.3, 0.4) is 0 Å². The number of amides is 1. The lowest BCUT2D eigenvalue weighted by Crippen LogP contribution is -2.68. The van der Waals surface area contributed by atoms with Gasteiger partial charge in [-0.25, -0.2) is 0 Å². The summed E-state index contributed by atoms with van der Waals surface area (Å²) >= 11 is 0. The Kier molecular flexibility index (Phi) is 7.32. The fourth-order valence-electron chi connectivity index (χ4n) is 7.26. The molecule has 3 aromatic rings. The molecule has 210 valence electrons. The van der Waals surface area contributed by atoms with Gasteiger partial charge in [-0.3, -0.25) is 14.6 Å². The minimum atomic E-state index is -0.369. The minimum Gasteiger partial charge on any atom is -0.497 e. The zero-order chi connectivity index (χ0) is 27.9. The van der Waals surface area contributed by atoms with E-state index in [2.05, 4.69) is 77.1 Å². The van der Waals surface area contributed by atoms with Gasteiger partial charge in [-0.05, 0) is 71.8 Å². The van der Waals surface area contributed by atoms with Gasteiger partial charge in [0.25, 0.3) is 0 Å². The molecule has 0 bridgehead atoms. The Morgan fingerprint density at radius 2 is 1.68 bits per heavy atom. The van der Waals surface area contributed by atoms with E-state index in [1.54, 1.807) is 7.11 Å². The van der Waals surface area contributed by atoms with E-state index in [0.29, 0.717) is 29.0 Å². The van der Waals surface area contributed by atoms with Crippen molar-refractivity contribution >= 4 is 11.6 Å². The Hall–Kier alpha value is -3.35. The normalized spacial score (nSPS) is 21.3. The summed E-state index contributed by atoms with van der Waals surface area (Å²) in [6.07, 6.45) is 2.53. The number of carbonyl (C=O) groups is 1. The number of anilines is 1. The fourth-order valence-corrected chi connectivity index (χ4v) is 7.26. The molecule has 0 aromatic heterocycles. The van der Waals surface area contributed by atoms with E-state index in [1.807, 2.05) is 24.3 Å². The highest BCUT2D eigenvalue weighted by atomic mass is 16.5. The number of carbonyl (C=O) groups excluding carboxylic acids is 1. The van der Waals surface area contributed by atoms with Crippen LogP contribution in [0.2, 0.25) is 0 Å². The lowest BCUT2D eigenvalue weighted by atomic mass is 9.59. The molecule has 1 unspecified atom stereocenters. The van der Waals surface area contributed by atoms with E-state index in [1.165, 1.54) is 35.2 Å². The van der Waals surface area contributed by atoms with Gasteiger partial charge in [-0.15, -0.1) is 0 Å². The van der Waals surface area contributed by atoms with Crippen LogP contribution in [0.25, 0.3) is 0 Å². The molecule has 2 heterocycles. The number of rotatable bonds is 8. The zero-order valence-corrected chi connectivity index (χ0v) is 24.1. The summed E-state index contributed by atoms with van der Waals surface area (Å²) < 4.78 is 5.36. The van der Waals surface area contributed by atoms with Crippen molar-refractivity contribution in [2.45, 2.75) is 51.2 Å². The third kappa shape index (κ3) is 5.23. The number of nitrogens with two attached hydrogens (primary N) is 1. The van der Waals surface area contributed by atoms with Crippen LogP contribution in [-0.4, -0.2) is 61.6 Å². The summed E-state index contributed by atoms with van der Waals surface area (Å²) in [5.41, 5.74) is 11.9. The lowest BCUT2D eigenvalue weighted by Gasteiger charge is -2.63. The molecule has 40 heavy (non-hydrogen) atoms. The molecule has 6 nitrogen and oxygen atoms in total. The fraction of sp³-hybridized carbons (Fsp3) is 0.441. The van der Waals surface area contributed by atoms with Crippen LogP contribution in [0.5, 0.6) is 5.75 Å². The second-order valence-corrected chi connectivity index (χ2v) is 12.4. The number of primary amides is 1. The molecule has 1 aliphatic carbocycles. The van der Waals surface area contributed by atoms with E-state index in [9.17, 15) is 4.79 Å². The zero-order valence-electron chi connectivity index (χ0n) is 24.1. The molecule has 2 saturated heterocycles. The molecule has 0 radical (unpaired) electrons. The van der Waals surface area contributed by atoms with Gasteiger partial charge in [0.1, 0.15) is 5.75 Å². The highest BCUT2D eigenvalue weighted by Gasteiger charge is 2.55. The van der Waals surface area contributed by atoms with E-state index >= 15 is 0 Å². The maximum atomic E-state index is 11.4. The minimum absolute atomic E-state index is 0.369. The van der Waals surface area contributed by atoms with Gasteiger partial charge in [0.2, 0.25) is 5.91 Å². The summed E-state index contributed by atoms with van der Waals surface area (Å²) in [4.78, 5) is 19.3. The molecule has 1 spiro atoms. The quantitative estimate of drug-likeness (QED) is 0.414. The number of methoxy groups -OCH3 is 1. The van der Waals surface area contributed by atoms with Gasteiger partial charge in [0.15, 0.2) is 0 Å². The molecule has 3 aliphatic rings. The van der Waals surface area contributed by atoms with Gasteiger partial charge in [0, 0.05) is 68.0 Å². The number of nitrogens with zero attached hydrogens (tertiary/aromatic N) is 3. The molecular weight excluding hydrogens is 496 g/mol. The van der Waals surface area contributed by atoms with Crippen molar-refractivity contribution in [1.82, 2.24) is 9.80 Å². The van der Waals surface area contributed by atoms with Gasteiger partial charge >= 0.3 is 0 Å². The maximum absolute atomic E-state index is 11.4. The predicted molar refractivity (Wildman–Crippen MR) is 161 cm³/mol. The van der Waals surface area contributed by atoms with Crippen LogP contribution in [0.15, 0.2) is 72.8 Å². The van der Waals surface area contributed by atoms with Crippen LogP contribution < -0.4 is 15.4 Å². The molecule has 3 fully saturated rings. The average molecular weight is 539 g/mol. The number of ether oxygens (including phenoxy) is 1. The van der Waals surface area contributed by atoms with E-state index in [4.69, 9.17) is 10.5 Å². The van der Waals surface area contributed by atoms with Crippen LogP contribution in [0, 0.1) is 5.41 Å². The van der Waals surface area contributed by atoms with Gasteiger partial charge in [-0.1, -0.05) is 50.2 Å². The summed E-state index contributed by atoms with van der Waals surface area (Å²) in [5.74, 6) is 1.04. The first-order chi connectivity index (χ1) is 19.3.